The number of nitrogens with zero attached hydrogens (tertiary/aromatic N) is 4. The molecule has 1 spiro atoms. The van der Waals surface area contributed by atoms with Gasteiger partial charge in [0, 0.05) is 51.2 Å². The summed E-state index contributed by atoms with van der Waals surface area (Å²) in [5.74, 6) is -1.14. The molecule has 1 aromatic carbocycles. The SMILES string of the molecule is CCC(C(=O)NC(C)=O)c1nn(C)c2cc(N3CCC4(CCN(C(=O)OC(C)(C)C)CC4)CC3)ccc12. The monoisotopic (exact) mass is 511 g/mol. The lowest BCUT2D eigenvalue weighted by Crippen LogP contribution is -2.49. The number of anilines is 1. The van der Waals surface area contributed by atoms with Crippen LogP contribution >= 0.6 is 0 Å². The minimum atomic E-state index is -0.472. The first-order chi connectivity index (χ1) is 17.4. The number of amides is 3. The average Bonchev–Trinajstić information content (AvgIpc) is 3.14. The molecule has 2 fully saturated rings. The molecule has 0 bridgehead atoms. The summed E-state index contributed by atoms with van der Waals surface area (Å²) in [6.45, 7) is 12.5. The molecule has 2 aromatic rings. The van der Waals surface area contributed by atoms with E-state index in [0.717, 1.165) is 68.5 Å². The van der Waals surface area contributed by atoms with Crippen LogP contribution in [0.2, 0.25) is 0 Å². The van der Waals surface area contributed by atoms with Crippen molar-refractivity contribution >= 4 is 34.5 Å². The smallest absolute Gasteiger partial charge is 0.410 e. The molecule has 3 heterocycles. The molecule has 1 N–H and O–H groups in total. The molecule has 3 amide bonds. The zero-order chi connectivity index (χ0) is 27.0. The molecule has 9 heteroatoms. The first-order valence-corrected chi connectivity index (χ1v) is 13.4. The number of hydrogen-bond donors (Lipinski definition) is 1. The van der Waals surface area contributed by atoms with E-state index in [1.807, 2.05) is 44.3 Å². The third-order valence-electron chi connectivity index (χ3n) is 7.88. The summed E-state index contributed by atoms with van der Waals surface area (Å²) >= 11 is 0. The van der Waals surface area contributed by atoms with Gasteiger partial charge in [0.25, 0.3) is 0 Å². The number of nitrogens with one attached hydrogen (secondary N) is 1. The summed E-state index contributed by atoms with van der Waals surface area (Å²) in [6.07, 6.45) is 4.61. The van der Waals surface area contributed by atoms with Crippen molar-refractivity contribution < 1.29 is 19.1 Å². The van der Waals surface area contributed by atoms with Crippen LogP contribution in [-0.2, 0) is 21.4 Å². The molecular weight excluding hydrogens is 470 g/mol. The van der Waals surface area contributed by atoms with E-state index in [4.69, 9.17) is 4.74 Å². The highest BCUT2D eigenvalue weighted by atomic mass is 16.6. The Morgan fingerprint density at radius 2 is 1.70 bits per heavy atom. The summed E-state index contributed by atoms with van der Waals surface area (Å²) in [5.41, 5.74) is 2.67. The number of rotatable bonds is 4. The maximum absolute atomic E-state index is 12.6. The van der Waals surface area contributed by atoms with E-state index in [0.29, 0.717) is 12.1 Å². The number of ether oxygens (including phenoxy) is 1. The van der Waals surface area contributed by atoms with Crippen LogP contribution in [-0.4, -0.2) is 64.4 Å². The number of carbonyl (C=O) groups excluding carboxylic acids is 3. The van der Waals surface area contributed by atoms with E-state index in [2.05, 4.69) is 33.5 Å². The lowest BCUT2D eigenvalue weighted by atomic mass is 9.71. The van der Waals surface area contributed by atoms with Gasteiger partial charge in [0.05, 0.1) is 17.1 Å². The Hall–Kier alpha value is -3.10. The van der Waals surface area contributed by atoms with Gasteiger partial charge < -0.3 is 14.5 Å². The normalized spacial score (nSPS) is 18.6. The van der Waals surface area contributed by atoms with Gasteiger partial charge >= 0.3 is 6.09 Å². The third-order valence-corrected chi connectivity index (χ3v) is 7.88. The molecule has 2 aliphatic heterocycles. The van der Waals surface area contributed by atoms with E-state index < -0.39 is 11.5 Å². The number of hydrogen-bond acceptors (Lipinski definition) is 6. The molecule has 0 aliphatic carbocycles. The summed E-state index contributed by atoms with van der Waals surface area (Å²) < 4.78 is 7.39. The largest absolute Gasteiger partial charge is 0.444 e. The Morgan fingerprint density at radius 1 is 1.08 bits per heavy atom. The predicted octanol–water partition coefficient (Wildman–Crippen LogP) is 4.35. The summed E-state index contributed by atoms with van der Waals surface area (Å²) in [7, 11) is 1.90. The topological polar surface area (TPSA) is 96.8 Å². The number of likely N-dealkylation sites (tertiary alicyclic amines) is 1. The minimum Gasteiger partial charge on any atom is -0.444 e. The van der Waals surface area contributed by atoms with E-state index in [-0.39, 0.29) is 23.3 Å². The number of benzene rings is 1. The van der Waals surface area contributed by atoms with Crippen molar-refractivity contribution in [3.63, 3.8) is 0 Å². The lowest BCUT2D eigenvalue weighted by Gasteiger charge is -2.47. The van der Waals surface area contributed by atoms with Crippen LogP contribution in [0.3, 0.4) is 0 Å². The maximum Gasteiger partial charge on any atom is 0.410 e. The fraction of sp³-hybridized carbons (Fsp3) is 0.643. The molecule has 202 valence electrons. The molecule has 2 aliphatic rings. The molecule has 9 nitrogen and oxygen atoms in total. The second-order valence-corrected chi connectivity index (χ2v) is 11.7. The van der Waals surface area contributed by atoms with Crippen LogP contribution in [0.5, 0.6) is 0 Å². The Bertz CT molecular complexity index is 1160. The average molecular weight is 512 g/mol. The van der Waals surface area contributed by atoms with Gasteiger partial charge in [-0.2, -0.15) is 5.10 Å². The Morgan fingerprint density at radius 3 is 2.27 bits per heavy atom. The first-order valence-electron chi connectivity index (χ1n) is 13.4. The fourth-order valence-corrected chi connectivity index (χ4v) is 5.72. The molecule has 0 radical (unpaired) electrons. The van der Waals surface area contributed by atoms with Crippen LogP contribution in [0.15, 0.2) is 18.2 Å². The van der Waals surface area contributed by atoms with Crippen molar-refractivity contribution in [1.82, 2.24) is 20.0 Å². The lowest BCUT2D eigenvalue weighted by molar-refractivity contribution is -0.130. The number of piperidine rings is 2. The molecule has 4 rings (SSSR count). The second kappa shape index (κ2) is 10.3. The van der Waals surface area contributed by atoms with Gasteiger partial charge in [0.2, 0.25) is 11.8 Å². The van der Waals surface area contributed by atoms with E-state index in [9.17, 15) is 14.4 Å². The summed E-state index contributed by atoms with van der Waals surface area (Å²) in [5, 5.41) is 8.03. The zero-order valence-corrected chi connectivity index (χ0v) is 23.1. The first kappa shape index (κ1) is 26.9. The molecule has 2 saturated heterocycles. The van der Waals surface area contributed by atoms with Gasteiger partial charge in [-0.05, 0) is 76.5 Å². The molecule has 0 saturated carbocycles. The molecular formula is C28H41N5O4. The number of fused-ring (bicyclic) bond motifs is 1. The van der Waals surface area contributed by atoms with Crippen LogP contribution in [0.1, 0.15) is 78.3 Å². The van der Waals surface area contributed by atoms with Crippen LogP contribution in [0.4, 0.5) is 10.5 Å². The zero-order valence-electron chi connectivity index (χ0n) is 23.1. The molecule has 1 aromatic heterocycles. The number of aryl methyl sites for hydroxylation is 1. The van der Waals surface area contributed by atoms with Crippen LogP contribution < -0.4 is 10.2 Å². The van der Waals surface area contributed by atoms with E-state index in [1.54, 1.807) is 0 Å². The molecule has 37 heavy (non-hydrogen) atoms. The number of carbonyl (C=O) groups is 3. The number of imide groups is 1. The number of aromatic nitrogens is 2. The highest BCUT2D eigenvalue weighted by Crippen LogP contribution is 2.43. The minimum absolute atomic E-state index is 0.201. The van der Waals surface area contributed by atoms with Crippen molar-refractivity contribution in [2.45, 2.75) is 78.2 Å². The fourth-order valence-electron chi connectivity index (χ4n) is 5.72. The van der Waals surface area contributed by atoms with Crippen molar-refractivity contribution in [2.75, 3.05) is 31.1 Å². The highest BCUT2D eigenvalue weighted by Gasteiger charge is 2.39. The Balaban J connectivity index is 1.42. The van der Waals surface area contributed by atoms with Gasteiger partial charge in [-0.15, -0.1) is 0 Å². The standard InChI is InChI=1S/C28H41N5O4/c1-7-21(25(35)29-19(2)34)24-22-9-8-20(18-23(22)31(6)30-24)32-14-10-28(11-15-32)12-16-33(17-13-28)26(36)37-27(3,4)5/h8-9,18,21H,7,10-17H2,1-6H3,(H,29,34,35). The van der Waals surface area contributed by atoms with Gasteiger partial charge in [0.15, 0.2) is 0 Å². The third kappa shape index (κ3) is 5.91. The predicted molar refractivity (Wildman–Crippen MR) is 143 cm³/mol. The Labute approximate surface area is 219 Å². The van der Waals surface area contributed by atoms with Crippen LogP contribution in [0, 0.1) is 5.41 Å². The van der Waals surface area contributed by atoms with E-state index in [1.165, 1.54) is 6.92 Å². The highest BCUT2D eigenvalue weighted by molar-refractivity contribution is 5.99. The second-order valence-electron chi connectivity index (χ2n) is 11.7. The quantitative estimate of drug-likeness (QED) is 0.656. The summed E-state index contributed by atoms with van der Waals surface area (Å²) in [4.78, 5) is 40.8. The van der Waals surface area contributed by atoms with Crippen molar-refractivity contribution in [3.05, 3.63) is 23.9 Å². The summed E-state index contributed by atoms with van der Waals surface area (Å²) in [6, 6.07) is 6.33. The maximum atomic E-state index is 12.6. The van der Waals surface area contributed by atoms with Crippen molar-refractivity contribution in [3.8, 4) is 0 Å². The van der Waals surface area contributed by atoms with E-state index >= 15 is 0 Å². The van der Waals surface area contributed by atoms with Gasteiger partial charge in [-0.1, -0.05) is 6.92 Å². The van der Waals surface area contributed by atoms with Crippen LogP contribution in [0.25, 0.3) is 10.9 Å². The van der Waals surface area contributed by atoms with Crippen molar-refractivity contribution in [1.29, 1.82) is 0 Å². The van der Waals surface area contributed by atoms with Gasteiger partial charge in [-0.25, -0.2) is 4.79 Å². The molecule has 1 unspecified atom stereocenters. The Kier molecular flexibility index (Phi) is 7.53. The van der Waals surface area contributed by atoms with Crippen molar-refractivity contribution in [2.24, 2.45) is 12.5 Å². The van der Waals surface area contributed by atoms with Gasteiger partial charge in [-0.3, -0.25) is 19.6 Å². The van der Waals surface area contributed by atoms with Gasteiger partial charge in [0.1, 0.15) is 5.60 Å². The molecule has 1 atom stereocenters.